The Morgan fingerprint density at radius 1 is 1.06 bits per heavy atom. The van der Waals surface area contributed by atoms with Gasteiger partial charge in [-0.1, -0.05) is 41.6 Å². The van der Waals surface area contributed by atoms with Crippen molar-refractivity contribution in [2.24, 2.45) is 7.05 Å². The summed E-state index contributed by atoms with van der Waals surface area (Å²) in [6.07, 6.45) is 1.72. The highest BCUT2D eigenvalue weighted by Gasteiger charge is 2.24. The third kappa shape index (κ3) is 4.51. The van der Waals surface area contributed by atoms with Crippen molar-refractivity contribution in [2.75, 3.05) is 0 Å². The lowest BCUT2D eigenvalue weighted by atomic mass is 9.96. The number of aromatic nitrogens is 3. The summed E-state index contributed by atoms with van der Waals surface area (Å²) in [5.74, 6) is 0.205. The minimum absolute atomic E-state index is 0.240. The van der Waals surface area contributed by atoms with Gasteiger partial charge in [0.1, 0.15) is 22.2 Å². The van der Waals surface area contributed by atoms with Gasteiger partial charge in [0.05, 0.1) is 5.60 Å². The molecule has 0 atom stereocenters. The third-order valence-electron chi connectivity index (χ3n) is 4.87. The van der Waals surface area contributed by atoms with Crippen LogP contribution in [0.4, 0.5) is 4.39 Å². The van der Waals surface area contributed by atoms with Crippen LogP contribution in [0.5, 0.6) is 0 Å². The molecule has 0 bridgehead atoms. The third-order valence-corrected chi connectivity index (χ3v) is 6.29. The second kappa shape index (κ2) is 8.46. The standard InChI is InChI=1S/C24H21ClFN3OS/c1-24(2,30)18-12-7-15(14-19(18)26)21-23(31-17-10-8-16(25)9-11-17)29(3)22(28-21)20-6-4-5-13-27-20/h4-14,30H,1-3H3. The Labute approximate surface area is 189 Å². The van der Waals surface area contributed by atoms with Gasteiger partial charge in [0.15, 0.2) is 5.82 Å². The van der Waals surface area contributed by atoms with Crippen molar-refractivity contribution in [1.82, 2.24) is 14.5 Å². The number of hydrogen-bond acceptors (Lipinski definition) is 4. The van der Waals surface area contributed by atoms with Gasteiger partial charge in [0.2, 0.25) is 0 Å². The minimum Gasteiger partial charge on any atom is -0.386 e. The fourth-order valence-electron chi connectivity index (χ4n) is 3.29. The smallest absolute Gasteiger partial charge is 0.159 e. The van der Waals surface area contributed by atoms with E-state index in [1.54, 1.807) is 32.2 Å². The molecule has 0 unspecified atom stereocenters. The molecular formula is C24H21ClFN3OS. The Balaban J connectivity index is 1.86. The van der Waals surface area contributed by atoms with Gasteiger partial charge in [-0.25, -0.2) is 9.37 Å². The molecule has 0 saturated carbocycles. The number of rotatable bonds is 5. The van der Waals surface area contributed by atoms with Gasteiger partial charge in [0.25, 0.3) is 0 Å². The van der Waals surface area contributed by atoms with E-state index in [1.807, 2.05) is 54.1 Å². The zero-order valence-electron chi connectivity index (χ0n) is 17.3. The molecule has 0 radical (unpaired) electrons. The van der Waals surface area contributed by atoms with E-state index >= 15 is 0 Å². The first kappa shape index (κ1) is 21.6. The fraction of sp³-hybridized carbons (Fsp3) is 0.167. The van der Waals surface area contributed by atoms with Crippen LogP contribution in [-0.4, -0.2) is 19.6 Å². The number of benzene rings is 2. The normalized spacial score (nSPS) is 11.7. The Bertz CT molecular complexity index is 1220. The molecular weight excluding hydrogens is 433 g/mol. The molecule has 31 heavy (non-hydrogen) atoms. The monoisotopic (exact) mass is 453 g/mol. The van der Waals surface area contributed by atoms with E-state index in [4.69, 9.17) is 16.6 Å². The molecule has 7 heteroatoms. The molecule has 0 aliphatic rings. The van der Waals surface area contributed by atoms with Gasteiger partial charge in [-0.3, -0.25) is 4.98 Å². The summed E-state index contributed by atoms with van der Waals surface area (Å²) < 4.78 is 16.8. The summed E-state index contributed by atoms with van der Waals surface area (Å²) in [4.78, 5) is 10.2. The molecule has 1 N–H and O–H groups in total. The van der Waals surface area contributed by atoms with E-state index < -0.39 is 11.4 Å². The molecule has 4 aromatic rings. The number of nitrogens with zero attached hydrogens (tertiary/aromatic N) is 3. The van der Waals surface area contributed by atoms with Gasteiger partial charge in [0, 0.05) is 34.3 Å². The van der Waals surface area contributed by atoms with E-state index in [0.29, 0.717) is 22.1 Å². The Hall–Kier alpha value is -2.67. The van der Waals surface area contributed by atoms with Crippen LogP contribution in [0, 0.1) is 5.82 Å². The minimum atomic E-state index is -1.27. The molecule has 0 spiro atoms. The van der Waals surface area contributed by atoms with Crippen LogP contribution in [0.3, 0.4) is 0 Å². The lowest BCUT2D eigenvalue weighted by Gasteiger charge is -2.19. The van der Waals surface area contributed by atoms with E-state index in [9.17, 15) is 9.50 Å². The average molecular weight is 454 g/mol. The van der Waals surface area contributed by atoms with Gasteiger partial charge in [-0.05, 0) is 56.3 Å². The number of aliphatic hydroxyl groups is 1. The molecule has 0 aliphatic carbocycles. The van der Waals surface area contributed by atoms with Gasteiger partial charge >= 0.3 is 0 Å². The van der Waals surface area contributed by atoms with Gasteiger partial charge < -0.3 is 9.67 Å². The van der Waals surface area contributed by atoms with Crippen molar-refractivity contribution >= 4 is 23.4 Å². The fourth-order valence-corrected chi connectivity index (χ4v) is 4.39. The highest BCUT2D eigenvalue weighted by Crippen LogP contribution is 2.39. The summed E-state index contributed by atoms with van der Waals surface area (Å²) >= 11 is 7.55. The Morgan fingerprint density at radius 3 is 2.42 bits per heavy atom. The zero-order chi connectivity index (χ0) is 22.2. The van der Waals surface area contributed by atoms with Crippen molar-refractivity contribution in [3.63, 3.8) is 0 Å². The van der Waals surface area contributed by atoms with E-state index in [1.165, 1.54) is 17.8 Å². The summed E-state index contributed by atoms with van der Waals surface area (Å²) in [7, 11) is 1.92. The zero-order valence-corrected chi connectivity index (χ0v) is 18.9. The first-order chi connectivity index (χ1) is 14.7. The summed E-state index contributed by atoms with van der Waals surface area (Å²) in [6.45, 7) is 3.12. The van der Waals surface area contributed by atoms with Gasteiger partial charge in [-0.15, -0.1) is 0 Å². The molecule has 4 rings (SSSR count). The first-order valence-corrected chi connectivity index (χ1v) is 10.9. The lowest BCUT2D eigenvalue weighted by molar-refractivity contribution is 0.0746. The number of hydrogen-bond donors (Lipinski definition) is 1. The highest BCUT2D eigenvalue weighted by molar-refractivity contribution is 7.99. The molecule has 4 nitrogen and oxygen atoms in total. The summed E-state index contributed by atoms with van der Waals surface area (Å²) in [5, 5.41) is 11.7. The van der Waals surface area contributed by atoms with E-state index in [2.05, 4.69) is 4.98 Å². The van der Waals surface area contributed by atoms with Crippen molar-refractivity contribution in [3.05, 3.63) is 83.3 Å². The maximum absolute atomic E-state index is 14.8. The van der Waals surface area contributed by atoms with Crippen LogP contribution < -0.4 is 0 Å². The number of pyridine rings is 1. The molecule has 0 fully saturated rings. The largest absolute Gasteiger partial charge is 0.386 e. The maximum atomic E-state index is 14.8. The second-order valence-electron chi connectivity index (χ2n) is 7.67. The Kier molecular flexibility index (Phi) is 5.88. The van der Waals surface area contributed by atoms with Crippen LogP contribution >= 0.6 is 23.4 Å². The predicted octanol–water partition coefficient (Wildman–Crippen LogP) is 6.32. The Morgan fingerprint density at radius 2 is 1.81 bits per heavy atom. The van der Waals surface area contributed by atoms with E-state index in [-0.39, 0.29) is 5.56 Å². The van der Waals surface area contributed by atoms with Gasteiger partial charge in [-0.2, -0.15) is 0 Å². The number of halogens is 2. The van der Waals surface area contributed by atoms with Crippen LogP contribution in [0.25, 0.3) is 22.8 Å². The average Bonchev–Trinajstić information content (AvgIpc) is 3.05. The van der Waals surface area contributed by atoms with Crippen LogP contribution in [0.15, 0.2) is 76.8 Å². The second-order valence-corrected chi connectivity index (χ2v) is 9.17. The first-order valence-electron chi connectivity index (χ1n) is 9.68. The molecule has 2 aromatic heterocycles. The SMILES string of the molecule is Cn1c(-c2ccccn2)nc(-c2ccc(C(C)(C)O)c(F)c2)c1Sc1ccc(Cl)cc1. The quantitative estimate of drug-likeness (QED) is 0.384. The molecule has 0 aliphatic heterocycles. The highest BCUT2D eigenvalue weighted by atomic mass is 35.5. The van der Waals surface area contributed by atoms with Crippen molar-refractivity contribution < 1.29 is 9.50 Å². The van der Waals surface area contributed by atoms with Crippen LogP contribution in [0.1, 0.15) is 19.4 Å². The molecule has 0 saturated heterocycles. The summed E-state index contributed by atoms with van der Waals surface area (Å²) in [6, 6.07) is 18.0. The molecule has 2 aromatic carbocycles. The van der Waals surface area contributed by atoms with E-state index in [0.717, 1.165) is 15.6 Å². The molecule has 0 amide bonds. The lowest BCUT2D eigenvalue weighted by Crippen LogP contribution is -2.17. The van der Waals surface area contributed by atoms with Crippen molar-refractivity contribution in [1.29, 1.82) is 0 Å². The molecule has 2 heterocycles. The predicted molar refractivity (Wildman–Crippen MR) is 123 cm³/mol. The van der Waals surface area contributed by atoms with Crippen molar-refractivity contribution in [2.45, 2.75) is 29.4 Å². The van der Waals surface area contributed by atoms with Crippen LogP contribution in [-0.2, 0) is 12.6 Å². The molecule has 158 valence electrons. The number of imidazole rings is 1. The summed E-state index contributed by atoms with van der Waals surface area (Å²) in [5.41, 5.74) is 0.961. The van der Waals surface area contributed by atoms with Crippen LogP contribution in [0.2, 0.25) is 5.02 Å². The van der Waals surface area contributed by atoms with Crippen molar-refractivity contribution in [3.8, 4) is 22.8 Å². The maximum Gasteiger partial charge on any atom is 0.159 e. The topological polar surface area (TPSA) is 50.9 Å².